The number of likely N-dealkylation sites (N-methyl/N-ethyl adjacent to an activating group) is 1. The Hall–Kier alpha value is -2.66. The maximum absolute atomic E-state index is 9.26. The number of hydrogen-bond acceptors (Lipinski definition) is 5. The van der Waals surface area contributed by atoms with E-state index in [1.165, 1.54) is 5.56 Å². The highest BCUT2D eigenvalue weighted by molar-refractivity contribution is 6.35. The van der Waals surface area contributed by atoms with Crippen LogP contribution in [-0.4, -0.2) is 50.8 Å². The number of nitriles is 1. The second-order valence-corrected chi connectivity index (χ2v) is 9.77. The molecule has 1 aliphatic heterocycles. The molecule has 3 atom stereocenters. The molecule has 0 radical (unpaired) electrons. The highest BCUT2D eigenvalue weighted by Gasteiger charge is 2.50. The number of anilines is 1. The van der Waals surface area contributed by atoms with E-state index >= 15 is 0 Å². The van der Waals surface area contributed by atoms with Gasteiger partial charge in [0.1, 0.15) is 0 Å². The van der Waals surface area contributed by atoms with Crippen molar-refractivity contribution in [3.63, 3.8) is 0 Å². The topological polar surface area (TPSA) is 81.9 Å². The molecule has 4 rings (SSSR count). The van der Waals surface area contributed by atoms with Crippen molar-refractivity contribution in [1.82, 2.24) is 10.2 Å². The fraction of sp³-hybridized carbons (Fsp3) is 0.440. The molecule has 0 amide bonds. The van der Waals surface area contributed by atoms with Crippen LogP contribution in [0.1, 0.15) is 31.2 Å². The van der Waals surface area contributed by atoms with E-state index in [1.807, 2.05) is 12.3 Å². The molecule has 0 spiro atoms. The third kappa shape index (κ3) is 4.90. The predicted molar refractivity (Wildman–Crippen MR) is 136 cm³/mol. The minimum absolute atomic E-state index is 0.0387. The Morgan fingerprint density at radius 1 is 1.12 bits per heavy atom. The first-order valence-corrected chi connectivity index (χ1v) is 12.0. The van der Waals surface area contributed by atoms with Gasteiger partial charge in [-0.1, -0.05) is 29.3 Å². The van der Waals surface area contributed by atoms with E-state index in [-0.39, 0.29) is 11.5 Å². The van der Waals surface area contributed by atoms with Crippen LogP contribution < -0.4 is 20.1 Å². The largest absolute Gasteiger partial charge is 0.493 e. The average molecular weight is 502 g/mol. The number of aliphatic imine (C=N–C) groups is 1. The van der Waals surface area contributed by atoms with Gasteiger partial charge in [0.05, 0.1) is 20.3 Å². The highest BCUT2D eigenvalue weighted by Crippen LogP contribution is 2.50. The summed E-state index contributed by atoms with van der Waals surface area (Å²) in [4.78, 5) is 7.31. The number of halogens is 2. The van der Waals surface area contributed by atoms with Gasteiger partial charge in [0.15, 0.2) is 17.7 Å². The lowest BCUT2D eigenvalue weighted by atomic mass is 9.65. The summed E-state index contributed by atoms with van der Waals surface area (Å²) in [6.45, 7) is 1.03. The van der Waals surface area contributed by atoms with E-state index in [2.05, 4.69) is 34.7 Å². The van der Waals surface area contributed by atoms with Crippen molar-refractivity contribution in [2.45, 2.75) is 43.2 Å². The first-order chi connectivity index (χ1) is 16.4. The lowest BCUT2D eigenvalue weighted by molar-refractivity contribution is 0.168. The van der Waals surface area contributed by atoms with Gasteiger partial charge < -0.3 is 19.7 Å². The number of ether oxygens (including phenoxy) is 2. The average Bonchev–Trinajstić information content (AvgIpc) is 3.15. The highest BCUT2D eigenvalue weighted by atomic mass is 35.5. The van der Waals surface area contributed by atoms with E-state index < -0.39 is 0 Å². The normalized spacial score (nSPS) is 24.8. The van der Waals surface area contributed by atoms with Crippen molar-refractivity contribution < 1.29 is 9.47 Å². The molecular weight excluding hydrogens is 473 g/mol. The molecule has 1 aliphatic carbocycles. The van der Waals surface area contributed by atoms with Gasteiger partial charge in [-0.2, -0.15) is 5.26 Å². The van der Waals surface area contributed by atoms with Crippen molar-refractivity contribution in [3.8, 4) is 17.7 Å². The van der Waals surface area contributed by atoms with Crippen molar-refractivity contribution >= 4 is 34.8 Å². The summed E-state index contributed by atoms with van der Waals surface area (Å²) in [7, 11) is 5.51. The molecule has 1 saturated heterocycles. The zero-order chi connectivity index (χ0) is 24.3. The lowest BCUT2D eigenvalue weighted by Gasteiger charge is -2.44. The summed E-state index contributed by atoms with van der Waals surface area (Å²) in [6, 6.07) is 11.8. The van der Waals surface area contributed by atoms with E-state index in [4.69, 9.17) is 37.7 Å². The minimum Gasteiger partial charge on any atom is -0.493 e. The molecule has 2 fully saturated rings. The number of methoxy groups -OCH3 is 2. The smallest absolute Gasteiger partial charge is 0.209 e. The molecule has 180 valence electrons. The molecule has 0 aromatic heterocycles. The second kappa shape index (κ2) is 10.3. The molecule has 1 saturated carbocycles. The number of nitrogens with one attached hydrogen (secondary N) is 2. The molecule has 0 unspecified atom stereocenters. The number of rotatable bonds is 5. The van der Waals surface area contributed by atoms with E-state index in [0.717, 1.165) is 43.7 Å². The number of likely N-dealkylation sites (tertiary alicyclic amines) is 1. The standard InChI is InChI=1S/C25H29Cl2N5O2/c1-32-9-8-25(16-4-5-21(33-2)22(10-16)34-3)7-6-19(14-23(25)32)30-24(29-15-28)31-20-12-17(26)11-18(27)13-20/h4-5,10-13,19,23H,6-9,14H2,1-3H3,(H2,29,30,31)/t19-,23+,25+/m1/s1. The second-order valence-electron chi connectivity index (χ2n) is 8.90. The first kappa shape index (κ1) is 24.5. The summed E-state index contributed by atoms with van der Waals surface area (Å²) >= 11 is 12.2. The predicted octanol–water partition coefficient (Wildman–Crippen LogP) is 5.04. The van der Waals surface area contributed by atoms with Gasteiger partial charge in [0, 0.05) is 27.2 Å². The van der Waals surface area contributed by atoms with Gasteiger partial charge in [-0.3, -0.25) is 5.32 Å². The third-order valence-corrected chi connectivity index (χ3v) is 7.51. The van der Waals surface area contributed by atoms with Crippen LogP contribution in [0.3, 0.4) is 0 Å². The summed E-state index contributed by atoms with van der Waals surface area (Å²) in [5, 5.41) is 16.1. The van der Waals surface area contributed by atoms with Gasteiger partial charge >= 0.3 is 0 Å². The van der Waals surface area contributed by atoms with Crippen molar-refractivity contribution in [1.29, 1.82) is 5.26 Å². The van der Waals surface area contributed by atoms with E-state index in [1.54, 1.807) is 32.4 Å². The number of benzene rings is 2. The van der Waals surface area contributed by atoms with Crippen LogP contribution in [0, 0.1) is 11.5 Å². The Labute approximate surface area is 210 Å². The van der Waals surface area contributed by atoms with Crippen molar-refractivity contribution in [3.05, 3.63) is 52.0 Å². The fourth-order valence-corrected chi connectivity index (χ4v) is 5.98. The minimum atomic E-state index is 0.0387. The Kier molecular flexibility index (Phi) is 7.42. The molecule has 2 aromatic carbocycles. The molecule has 2 aromatic rings. The zero-order valence-corrected chi connectivity index (χ0v) is 21.1. The molecular formula is C25H29Cl2N5O2. The Bertz CT molecular complexity index is 1100. The zero-order valence-electron chi connectivity index (χ0n) is 19.6. The fourth-order valence-electron chi connectivity index (χ4n) is 5.46. The molecule has 1 heterocycles. The van der Waals surface area contributed by atoms with Crippen LogP contribution in [0.4, 0.5) is 5.69 Å². The van der Waals surface area contributed by atoms with Crippen molar-refractivity contribution in [2.24, 2.45) is 4.99 Å². The van der Waals surface area contributed by atoms with Gasteiger partial charge in [0.25, 0.3) is 0 Å². The van der Waals surface area contributed by atoms with Crippen molar-refractivity contribution in [2.75, 3.05) is 33.1 Å². The molecule has 7 nitrogen and oxygen atoms in total. The van der Waals surface area contributed by atoms with Crippen LogP contribution in [-0.2, 0) is 5.41 Å². The van der Waals surface area contributed by atoms with Crippen LogP contribution in [0.2, 0.25) is 10.0 Å². The SMILES string of the molecule is COc1ccc([C@@]23CC[C@@H](N=C(NC#N)Nc4cc(Cl)cc(Cl)c4)C[C@@H]2N(C)CC3)cc1OC. The van der Waals surface area contributed by atoms with Gasteiger partial charge in [0.2, 0.25) is 5.96 Å². The number of hydrogen-bond donors (Lipinski definition) is 2. The molecule has 0 bridgehead atoms. The van der Waals surface area contributed by atoms with Crippen LogP contribution in [0.15, 0.2) is 41.4 Å². The summed E-state index contributed by atoms with van der Waals surface area (Å²) in [6.07, 6.45) is 5.85. The maximum Gasteiger partial charge on any atom is 0.209 e. The Morgan fingerprint density at radius 3 is 2.53 bits per heavy atom. The Morgan fingerprint density at radius 2 is 1.85 bits per heavy atom. The quantitative estimate of drug-likeness (QED) is 0.258. The molecule has 34 heavy (non-hydrogen) atoms. The monoisotopic (exact) mass is 501 g/mol. The summed E-state index contributed by atoms with van der Waals surface area (Å²) < 4.78 is 11.0. The van der Waals surface area contributed by atoms with Gasteiger partial charge in [-0.25, -0.2) is 4.99 Å². The molecule has 9 heteroatoms. The van der Waals surface area contributed by atoms with Crippen LogP contribution >= 0.6 is 23.2 Å². The van der Waals surface area contributed by atoms with Crippen LogP contribution in [0.5, 0.6) is 11.5 Å². The first-order valence-electron chi connectivity index (χ1n) is 11.3. The maximum atomic E-state index is 9.26. The number of guanidine groups is 1. The van der Waals surface area contributed by atoms with E-state index in [9.17, 15) is 5.26 Å². The number of fused-ring (bicyclic) bond motifs is 1. The molecule has 2 N–H and O–H groups in total. The third-order valence-electron chi connectivity index (χ3n) is 7.07. The number of nitrogens with zero attached hydrogens (tertiary/aromatic N) is 3. The van der Waals surface area contributed by atoms with E-state index in [0.29, 0.717) is 27.7 Å². The van der Waals surface area contributed by atoms with Gasteiger partial charge in [-0.05, 0) is 75.2 Å². The Balaban J connectivity index is 1.58. The lowest BCUT2D eigenvalue weighted by Crippen LogP contribution is -2.47. The summed E-state index contributed by atoms with van der Waals surface area (Å²) in [5.41, 5.74) is 1.99. The van der Waals surface area contributed by atoms with Crippen LogP contribution in [0.25, 0.3) is 0 Å². The molecule has 2 aliphatic rings. The van der Waals surface area contributed by atoms with Gasteiger partial charge in [-0.15, -0.1) is 0 Å². The summed E-state index contributed by atoms with van der Waals surface area (Å²) in [5.74, 6) is 1.89.